The molecular formula is C19H35NO3. The van der Waals surface area contributed by atoms with Crippen molar-refractivity contribution in [2.24, 2.45) is 0 Å². The van der Waals surface area contributed by atoms with E-state index in [1.165, 1.54) is 64.2 Å². The molecular weight excluding hydrogens is 290 g/mol. The smallest absolute Gasteiger partial charge is 0.254 e. The van der Waals surface area contributed by atoms with E-state index >= 15 is 0 Å². The summed E-state index contributed by atoms with van der Waals surface area (Å²) < 4.78 is 10.9. The third-order valence-corrected chi connectivity index (χ3v) is 4.99. The van der Waals surface area contributed by atoms with E-state index in [0.717, 1.165) is 19.5 Å². The van der Waals surface area contributed by atoms with Gasteiger partial charge in [0.2, 0.25) is 0 Å². The van der Waals surface area contributed by atoms with Crippen LogP contribution >= 0.6 is 0 Å². The molecule has 0 aromatic carbocycles. The number of hydrogen-bond donors (Lipinski definition) is 0. The van der Waals surface area contributed by atoms with E-state index in [1.807, 2.05) is 4.90 Å². The zero-order valence-corrected chi connectivity index (χ0v) is 14.9. The van der Waals surface area contributed by atoms with Crippen LogP contribution in [-0.4, -0.2) is 49.3 Å². The summed E-state index contributed by atoms with van der Waals surface area (Å²) in [5.41, 5.74) is 0. The fourth-order valence-electron chi connectivity index (χ4n) is 3.38. The molecule has 0 bridgehead atoms. The van der Waals surface area contributed by atoms with Crippen molar-refractivity contribution in [1.29, 1.82) is 0 Å². The first-order valence-electron chi connectivity index (χ1n) is 9.85. The first kappa shape index (κ1) is 18.7. The molecule has 0 saturated carbocycles. The molecule has 2 atom stereocenters. The second-order valence-electron chi connectivity index (χ2n) is 7.00. The molecule has 1 amide bonds. The van der Waals surface area contributed by atoms with Crippen LogP contribution in [0.2, 0.25) is 0 Å². The van der Waals surface area contributed by atoms with Crippen LogP contribution in [0.5, 0.6) is 0 Å². The molecule has 0 aromatic rings. The van der Waals surface area contributed by atoms with Gasteiger partial charge in [0, 0.05) is 13.1 Å². The first-order valence-corrected chi connectivity index (χ1v) is 9.85. The zero-order valence-electron chi connectivity index (χ0n) is 14.9. The molecule has 0 unspecified atom stereocenters. The van der Waals surface area contributed by atoms with E-state index in [9.17, 15) is 4.79 Å². The van der Waals surface area contributed by atoms with Gasteiger partial charge in [-0.15, -0.1) is 0 Å². The van der Waals surface area contributed by atoms with Gasteiger partial charge in [0.05, 0.1) is 19.3 Å². The molecule has 2 aliphatic heterocycles. The lowest BCUT2D eigenvalue weighted by Gasteiger charge is -2.26. The van der Waals surface area contributed by atoms with E-state index in [-0.39, 0.29) is 18.1 Å². The number of nitrogens with zero attached hydrogens (tertiary/aromatic N) is 1. The lowest BCUT2D eigenvalue weighted by Crippen LogP contribution is -2.43. The Labute approximate surface area is 141 Å². The van der Waals surface area contributed by atoms with E-state index in [1.54, 1.807) is 0 Å². The molecule has 0 spiro atoms. The van der Waals surface area contributed by atoms with E-state index in [2.05, 4.69) is 6.92 Å². The highest BCUT2D eigenvalue weighted by molar-refractivity contribution is 5.83. The van der Waals surface area contributed by atoms with E-state index in [0.29, 0.717) is 13.2 Å². The van der Waals surface area contributed by atoms with Gasteiger partial charge in [0.25, 0.3) is 5.91 Å². The molecule has 2 saturated heterocycles. The topological polar surface area (TPSA) is 42.1 Å². The van der Waals surface area contributed by atoms with Crippen LogP contribution < -0.4 is 0 Å². The van der Waals surface area contributed by atoms with Gasteiger partial charge in [-0.25, -0.2) is 0 Å². The Kier molecular flexibility index (Phi) is 8.98. The minimum atomic E-state index is -0.147. The molecule has 4 heteroatoms. The summed E-state index contributed by atoms with van der Waals surface area (Å²) in [5.74, 6) is 0.186. The molecule has 0 aromatic heterocycles. The summed E-state index contributed by atoms with van der Waals surface area (Å²) >= 11 is 0. The number of carbonyl (C=O) groups is 1. The van der Waals surface area contributed by atoms with Crippen molar-refractivity contribution in [3.8, 4) is 0 Å². The second-order valence-corrected chi connectivity index (χ2v) is 7.00. The van der Waals surface area contributed by atoms with Crippen molar-refractivity contribution < 1.29 is 14.3 Å². The predicted molar refractivity (Wildman–Crippen MR) is 92.5 cm³/mol. The van der Waals surface area contributed by atoms with Crippen molar-refractivity contribution in [3.05, 3.63) is 0 Å². The molecule has 0 aliphatic carbocycles. The van der Waals surface area contributed by atoms with Crippen molar-refractivity contribution >= 4 is 5.91 Å². The van der Waals surface area contributed by atoms with Gasteiger partial charge in [-0.3, -0.25) is 4.79 Å². The predicted octanol–water partition coefficient (Wildman–Crippen LogP) is 3.92. The Balaban J connectivity index is 1.39. The minimum Gasteiger partial charge on any atom is -0.378 e. The Morgan fingerprint density at radius 1 is 0.913 bits per heavy atom. The summed E-state index contributed by atoms with van der Waals surface area (Å²) in [5, 5.41) is 0. The van der Waals surface area contributed by atoms with Crippen LogP contribution in [-0.2, 0) is 14.3 Å². The maximum absolute atomic E-state index is 12.2. The largest absolute Gasteiger partial charge is 0.378 e. The number of amides is 1. The normalized spacial score (nSPS) is 24.0. The molecule has 0 radical (unpaired) electrons. The SMILES string of the molecule is CCCCCCCCCCCC[C@@H]1O[C@H]1C(=O)N1CCOCC1. The van der Waals surface area contributed by atoms with Gasteiger partial charge in [0.1, 0.15) is 0 Å². The average Bonchev–Trinajstić information content (AvgIpc) is 3.36. The fraction of sp³-hybridized carbons (Fsp3) is 0.947. The van der Waals surface area contributed by atoms with Crippen LogP contribution in [0.15, 0.2) is 0 Å². The number of ether oxygens (including phenoxy) is 2. The Bertz CT molecular complexity index is 329. The van der Waals surface area contributed by atoms with Crippen molar-refractivity contribution in [1.82, 2.24) is 4.90 Å². The fourth-order valence-corrected chi connectivity index (χ4v) is 3.38. The summed E-state index contributed by atoms with van der Waals surface area (Å²) in [6, 6.07) is 0. The van der Waals surface area contributed by atoms with Gasteiger partial charge in [-0.2, -0.15) is 0 Å². The highest BCUT2D eigenvalue weighted by atomic mass is 16.6. The quantitative estimate of drug-likeness (QED) is 0.403. The van der Waals surface area contributed by atoms with E-state index in [4.69, 9.17) is 9.47 Å². The molecule has 2 fully saturated rings. The van der Waals surface area contributed by atoms with Gasteiger partial charge >= 0.3 is 0 Å². The third kappa shape index (κ3) is 7.21. The molecule has 2 rings (SSSR count). The molecule has 2 heterocycles. The number of hydrogen-bond acceptors (Lipinski definition) is 3. The van der Waals surface area contributed by atoms with Crippen LogP contribution in [0.1, 0.15) is 77.6 Å². The number of rotatable bonds is 12. The van der Waals surface area contributed by atoms with Gasteiger partial charge in [-0.05, 0) is 6.42 Å². The first-order chi connectivity index (χ1) is 11.3. The van der Waals surface area contributed by atoms with Crippen molar-refractivity contribution in [2.45, 2.75) is 89.8 Å². The van der Waals surface area contributed by atoms with Crippen molar-refractivity contribution in [3.63, 3.8) is 0 Å². The number of epoxide rings is 1. The second kappa shape index (κ2) is 11.0. The zero-order chi connectivity index (χ0) is 16.3. The monoisotopic (exact) mass is 325 g/mol. The van der Waals surface area contributed by atoms with Gasteiger partial charge in [-0.1, -0.05) is 71.1 Å². The Hall–Kier alpha value is -0.610. The Morgan fingerprint density at radius 2 is 1.48 bits per heavy atom. The molecule has 2 aliphatic rings. The standard InChI is InChI=1S/C19H35NO3/c1-2-3-4-5-6-7-8-9-10-11-12-17-18(23-17)19(21)20-13-15-22-16-14-20/h17-18H,2-16H2,1H3/t17-,18+/m0/s1. The van der Waals surface area contributed by atoms with E-state index < -0.39 is 0 Å². The van der Waals surface area contributed by atoms with Crippen LogP contribution in [0.25, 0.3) is 0 Å². The third-order valence-electron chi connectivity index (χ3n) is 4.99. The molecule has 0 N–H and O–H groups in total. The molecule has 4 nitrogen and oxygen atoms in total. The lowest BCUT2D eigenvalue weighted by atomic mass is 10.0. The van der Waals surface area contributed by atoms with Crippen molar-refractivity contribution in [2.75, 3.05) is 26.3 Å². The highest BCUT2D eigenvalue weighted by Crippen LogP contribution is 2.29. The Morgan fingerprint density at radius 3 is 2.09 bits per heavy atom. The number of unbranched alkanes of at least 4 members (excludes halogenated alkanes) is 9. The summed E-state index contributed by atoms with van der Waals surface area (Å²) in [4.78, 5) is 14.1. The molecule has 134 valence electrons. The number of morpholine rings is 1. The number of carbonyl (C=O) groups excluding carboxylic acids is 1. The average molecular weight is 325 g/mol. The van der Waals surface area contributed by atoms with Crippen LogP contribution in [0, 0.1) is 0 Å². The summed E-state index contributed by atoms with van der Waals surface area (Å²) in [6.07, 6.45) is 14.6. The molecule has 23 heavy (non-hydrogen) atoms. The lowest BCUT2D eigenvalue weighted by molar-refractivity contribution is -0.136. The highest BCUT2D eigenvalue weighted by Gasteiger charge is 2.46. The van der Waals surface area contributed by atoms with Crippen LogP contribution in [0.3, 0.4) is 0 Å². The van der Waals surface area contributed by atoms with Crippen LogP contribution in [0.4, 0.5) is 0 Å². The van der Waals surface area contributed by atoms with Gasteiger partial charge in [0.15, 0.2) is 6.10 Å². The maximum Gasteiger partial charge on any atom is 0.254 e. The summed E-state index contributed by atoms with van der Waals surface area (Å²) in [6.45, 7) is 5.05. The minimum absolute atomic E-state index is 0.147. The van der Waals surface area contributed by atoms with Gasteiger partial charge < -0.3 is 14.4 Å². The maximum atomic E-state index is 12.2. The summed E-state index contributed by atoms with van der Waals surface area (Å²) in [7, 11) is 0.